The van der Waals surface area contributed by atoms with Crippen LogP contribution in [-0.2, 0) is 0 Å². The van der Waals surface area contributed by atoms with Gasteiger partial charge in [0.25, 0.3) is 5.91 Å². The number of hydrogen-bond donors (Lipinski definition) is 1. The van der Waals surface area contributed by atoms with Gasteiger partial charge in [0.1, 0.15) is 11.5 Å². The number of nitrogen functional groups attached to an aromatic ring is 1. The van der Waals surface area contributed by atoms with Gasteiger partial charge >= 0.3 is 0 Å². The maximum Gasteiger partial charge on any atom is 0.274 e. The van der Waals surface area contributed by atoms with Crippen molar-refractivity contribution in [2.75, 3.05) is 24.6 Å². The van der Waals surface area contributed by atoms with E-state index < -0.39 is 0 Å². The van der Waals surface area contributed by atoms with E-state index in [0.29, 0.717) is 5.69 Å². The van der Waals surface area contributed by atoms with Gasteiger partial charge in [0.05, 0.1) is 12.4 Å². The lowest BCUT2D eigenvalue weighted by atomic mass is 10.2. The van der Waals surface area contributed by atoms with Gasteiger partial charge in [0, 0.05) is 23.6 Å². The molecule has 0 aromatic carbocycles. The first-order valence-corrected chi connectivity index (χ1v) is 6.47. The molecule has 1 fully saturated rings. The molecule has 0 spiro atoms. The number of thioether (sulfide) groups is 1. The number of rotatable bonds is 1. The van der Waals surface area contributed by atoms with Gasteiger partial charge in [-0.25, -0.2) is 4.98 Å². The summed E-state index contributed by atoms with van der Waals surface area (Å²) < 4.78 is 0.0989. The smallest absolute Gasteiger partial charge is 0.274 e. The molecule has 5 nitrogen and oxygen atoms in total. The SMILES string of the molecule is CC1(C)CN(C(=O)c2cncc(N)n2)CCS1. The molecule has 0 unspecified atom stereocenters. The molecule has 2 N–H and O–H groups in total. The Morgan fingerprint density at radius 3 is 2.94 bits per heavy atom. The van der Waals surface area contributed by atoms with Crippen molar-refractivity contribution < 1.29 is 4.79 Å². The number of carbonyl (C=O) groups is 1. The summed E-state index contributed by atoms with van der Waals surface area (Å²) in [5, 5.41) is 0. The van der Waals surface area contributed by atoms with Gasteiger partial charge in [-0.1, -0.05) is 0 Å². The van der Waals surface area contributed by atoms with E-state index in [1.54, 1.807) is 0 Å². The van der Waals surface area contributed by atoms with Crippen molar-refractivity contribution in [3.63, 3.8) is 0 Å². The van der Waals surface area contributed by atoms with Crippen LogP contribution in [0.2, 0.25) is 0 Å². The van der Waals surface area contributed by atoms with Crippen molar-refractivity contribution in [1.82, 2.24) is 14.9 Å². The fraction of sp³-hybridized carbons (Fsp3) is 0.545. The summed E-state index contributed by atoms with van der Waals surface area (Å²) in [7, 11) is 0. The van der Waals surface area contributed by atoms with Crippen molar-refractivity contribution in [3.05, 3.63) is 18.1 Å². The van der Waals surface area contributed by atoms with Crippen molar-refractivity contribution in [3.8, 4) is 0 Å². The van der Waals surface area contributed by atoms with E-state index in [4.69, 9.17) is 5.73 Å². The third kappa shape index (κ3) is 2.88. The van der Waals surface area contributed by atoms with Crippen molar-refractivity contribution in [1.29, 1.82) is 0 Å². The molecule has 2 heterocycles. The summed E-state index contributed by atoms with van der Waals surface area (Å²) >= 11 is 1.89. The Labute approximate surface area is 105 Å². The summed E-state index contributed by atoms with van der Waals surface area (Å²) in [6.45, 7) is 5.76. The van der Waals surface area contributed by atoms with Crippen LogP contribution in [0, 0.1) is 0 Å². The number of nitrogens with two attached hydrogens (primary N) is 1. The zero-order valence-electron chi connectivity index (χ0n) is 10.0. The first-order chi connectivity index (χ1) is 7.98. The zero-order chi connectivity index (χ0) is 12.5. The second kappa shape index (κ2) is 4.52. The molecule has 92 valence electrons. The molecule has 0 bridgehead atoms. The van der Waals surface area contributed by atoms with E-state index >= 15 is 0 Å². The van der Waals surface area contributed by atoms with Crippen LogP contribution in [0.25, 0.3) is 0 Å². The van der Waals surface area contributed by atoms with Gasteiger partial charge in [-0.2, -0.15) is 11.8 Å². The molecule has 0 aliphatic carbocycles. The Bertz CT molecular complexity index is 435. The minimum absolute atomic E-state index is 0.0850. The Hall–Kier alpha value is -1.30. The van der Waals surface area contributed by atoms with Gasteiger partial charge in [-0.3, -0.25) is 9.78 Å². The molecular formula is C11H16N4OS. The van der Waals surface area contributed by atoms with Crippen LogP contribution in [-0.4, -0.2) is 44.4 Å². The maximum absolute atomic E-state index is 12.2. The summed E-state index contributed by atoms with van der Waals surface area (Å²) in [6, 6.07) is 0. The van der Waals surface area contributed by atoms with Crippen LogP contribution in [0.3, 0.4) is 0 Å². The lowest BCUT2D eigenvalue weighted by Crippen LogP contribution is -2.46. The van der Waals surface area contributed by atoms with Crippen LogP contribution in [0.15, 0.2) is 12.4 Å². The van der Waals surface area contributed by atoms with Gasteiger partial charge in [-0.05, 0) is 13.8 Å². The van der Waals surface area contributed by atoms with E-state index in [-0.39, 0.29) is 16.5 Å². The lowest BCUT2D eigenvalue weighted by Gasteiger charge is -2.37. The van der Waals surface area contributed by atoms with E-state index in [1.165, 1.54) is 12.4 Å². The second-order valence-corrected chi connectivity index (χ2v) is 6.47. The van der Waals surface area contributed by atoms with Gasteiger partial charge in [0.15, 0.2) is 0 Å². The number of nitrogens with zero attached hydrogens (tertiary/aromatic N) is 3. The maximum atomic E-state index is 12.2. The Morgan fingerprint density at radius 2 is 2.29 bits per heavy atom. The molecule has 0 radical (unpaired) electrons. The molecule has 2 rings (SSSR count). The summed E-state index contributed by atoms with van der Waals surface area (Å²) in [5.41, 5.74) is 5.86. The van der Waals surface area contributed by atoms with E-state index in [2.05, 4.69) is 23.8 Å². The highest BCUT2D eigenvalue weighted by atomic mass is 32.2. The average molecular weight is 252 g/mol. The minimum Gasteiger partial charge on any atom is -0.382 e. The highest BCUT2D eigenvalue weighted by Crippen LogP contribution is 2.29. The molecule has 1 aliphatic rings. The van der Waals surface area contributed by atoms with Crippen LogP contribution in [0.1, 0.15) is 24.3 Å². The van der Waals surface area contributed by atoms with Gasteiger partial charge in [0.2, 0.25) is 0 Å². The number of aromatic nitrogens is 2. The summed E-state index contributed by atoms with van der Waals surface area (Å²) in [5.74, 6) is 1.15. The normalized spacial score (nSPS) is 19.1. The zero-order valence-corrected chi connectivity index (χ0v) is 10.8. The Kier molecular flexibility index (Phi) is 3.24. The molecule has 0 atom stereocenters. The standard InChI is InChI=1S/C11H16N4OS/c1-11(2)7-15(3-4-17-11)10(16)8-5-13-6-9(12)14-8/h5-6H,3-4,7H2,1-2H3,(H2,12,14). The van der Waals surface area contributed by atoms with Gasteiger partial charge in [-0.15, -0.1) is 0 Å². The molecule has 1 aliphatic heterocycles. The summed E-state index contributed by atoms with van der Waals surface area (Å²) in [6.07, 6.45) is 2.90. The first kappa shape index (κ1) is 12.2. The molecule has 1 amide bonds. The predicted molar refractivity (Wildman–Crippen MR) is 68.9 cm³/mol. The van der Waals surface area contributed by atoms with E-state index in [0.717, 1.165) is 18.8 Å². The number of hydrogen-bond acceptors (Lipinski definition) is 5. The second-order valence-electron chi connectivity index (χ2n) is 4.66. The molecule has 1 aromatic rings. The van der Waals surface area contributed by atoms with Crippen LogP contribution in [0.4, 0.5) is 5.82 Å². The van der Waals surface area contributed by atoms with E-state index in [1.807, 2.05) is 16.7 Å². The lowest BCUT2D eigenvalue weighted by molar-refractivity contribution is 0.0742. The van der Waals surface area contributed by atoms with Crippen LogP contribution >= 0.6 is 11.8 Å². The number of amides is 1. The average Bonchev–Trinajstić information content (AvgIpc) is 2.26. The molecule has 0 saturated carbocycles. The number of carbonyl (C=O) groups excluding carboxylic acids is 1. The quantitative estimate of drug-likeness (QED) is 0.808. The van der Waals surface area contributed by atoms with Gasteiger partial charge < -0.3 is 10.6 Å². The predicted octanol–water partition coefficient (Wildman–Crippen LogP) is 1.03. The monoisotopic (exact) mass is 252 g/mol. The fourth-order valence-corrected chi connectivity index (χ4v) is 2.95. The third-order valence-corrected chi connectivity index (χ3v) is 3.88. The van der Waals surface area contributed by atoms with Crippen molar-refractivity contribution in [2.45, 2.75) is 18.6 Å². The Morgan fingerprint density at radius 1 is 1.53 bits per heavy atom. The Balaban J connectivity index is 2.15. The molecular weight excluding hydrogens is 236 g/mol. The highest BCUT2D eigenvalue weighted by molar-refractivity contribution is 8.00. The van der Waals surface area contributed by atoms with E-state index in [9.17, 15) is 4.79 Å². The molecule has 6 heteroatoms. The van der Waals surface area contributed by atoms with Crippen molar-refractivity contribution in [2.24, 2.45) is 0 Å². The topological polar surface area (TPSA) is 72.1 Å². The minimum atomic E-state index is -0.0850. The molecule has 1 saturated heterocycles. The van der Waals surface area contributed by atoms with Crippen LogP contribution in [0.5, 0.6) is 0 Å². The molecule has 17 heavy (non-hydrogen) atoms. The largest absolute Gasteiger partial charge is 0.382 e. The fourth-order valence-electron chi connectivity index (χ4n) is 1.84. The molecule has 1 aromatic heterocycles. The van der Waals surface area contributed by atoms with Crippen molar-refractivity contribution >= 4 is 23.5 Å². The summed E-state index contributed by atoms with van der Waals surface area (Å²) in [4.78, 5) is 21.9. The third-order valence-electron chi connectivity index (χ3n) is 2.59. The highest BCUT2D eigenvalue weighted by Gasteiger charge is 2.30. The van der Waals surface area contributed by atoms with Crippen LogP contribution < -0.4 is 5.73 Å². The first-order valence-electron chi connectivity index (χ1n) is 5.49. The number of anilines is 1.